The molecule has 0 aliphatic rings. The zero-order valence-corrected chi connectivity index (χ0v) is 7.56. The lowest BCUT2D eigenvalue weighted by Crippen LogP contribution is -1.82. The highest BCUT2D eigenvalue weighted by molar-refractivity contribution is 4.99. The first-order valence-corrected chi connectivity index (χ1v) is 4.07. The van der Waals surface area contributed by atoms with E-state index in [4.69, 9.17) is 5.11 Å². The zero-order valence-electron chi connectivity index (χ0n) is 7.56. The summed E-state index contributed by atoms with van der Waals surface area (Å²) in [7, 11) is 0. The molecule has 0 fully saturated rings. The SMILES string of the molecule is C=C(C)CCC/C(C)=C/CO. The van der Waals surface area contributed by atoms with Gasteiger partial charge in [-0.3, -0.25) is 0 Å². The topological polar surface area (TPSA) is 20.2 Å². The molecule has 0 unspecified atom stereocenters. The first kappa shape index (κ1) is 10.4. The van der Waals surface area contributed by atoms with Crippen LogP contribution in [0.3, 0.4) is 0 Å². The lowest BCUT2D eigenvalue weighted by atomic mass is 10.1. The van der Waals surface area contributed by atoms with Crippen molar-refractivity contribution in [3.63, 3.8) is 0 Å². The number of aliphatic hydroxyl groups is 1. The van der Waals surface area contributed by atoms with Crippen molar-refractivity contribution >= 4 is 0 Å². The van der Waals surface area contributed by atoms with Gasteiger partial charge in [-0.1, -0.05) is 17.2 Å². The third kappa shape index (κ3) is 7.34. The normalized spacial score (nSPS) is 11.7. The maximum Gasteiger partial charge on any atom is 0.0614 e. The van der Waals surface area contributed by atoms with Gasteiger partial charge in [-0.25, -0.2) is 0 Å². The zero-order chi connectivity index (χ0) is 8.69. The van der Waals surface area contributed by atoms with E-state index < -0.39 is 0 Å². The van der Waals surface area contributed by atoms with Gasteiger partial charge >= 0.3 is 0 Å². The predicted octanol–water partition coefficient (Wildman–Crippen LogP) is 2.67. The number of rotatable bonds is 5. The Morgan fingerprint density at radius 1 is 1.36 bits per heavy atom. The second-order valence-electron chi connectivity index (χ2n) is 3.04. The fraction of sp³-hybridized carbons (Fsp3) is 0.600. The van der Waals surface area contributed by atoms with Crippen LogP contribution < -0.4 is 0 Å². The molecule has 0 aromatic heterocycles. The van der Waals surface area contributed by atoms with Crippen molar-refractivity contribution < 1.29 is 5.11 Å². The standard InChI is InChI=1S/C10H18O/c1-9(2)5-4-6-10(3)7-8-11/h7,11H,1,4-6,8H2,2-3H3/b10-7+. The van der Waals surface area contributed by atoms with Gasteiger partial charge in [0.05, 0.1) is 6.61 Å². The van der Waals surface area contributed by atoms with Crippen molar-refractivity contribution in [1.29, 1.82) is 0 Å². The number of hydrogen-bond donors (Lipinski definition) is 1. The minimum absolute atomic E-state index is 0.166. The quantitative estimate of drug-likeness (QED) is 0.604. The molecule has 1 heteroatoms. The van der Waals surface area contributed by atoms with E-state index in [0.717, 1.165) is 19.3 Å². The van der Waals surface area contributed by atoms with Crippen LogP contribution in [0.15, 0.2) is 23.8 Å². The molecular formula is C10H18O. The first-order chi connectivity index (χ1) is 5.16. The summed E-state index contributed by atoms with van der Waals surface area (Å²) >= 11 is 0. The fourth-order valence-electron chi connectivity index (χ4n) is 0.927. The van der Waals surface area contributed by atoms with Crippen LogP contribution in [0, 0.1) is 0 Å². The Kier molecular flexibility index (Phi) is 5.86. The summed E-state index contributed by atoms with van der Waals surface area (Å²) < 4.78 is 0. The van der Waals surface area contributed by atoms with Crippen LogP contribution in [0.25, 0.3) is 0 Å². The van der Waals surface area contributed by atoms with Gasteiger partial charge in [0.1, 0.15) is 0 Å². The highest BCUT2D eigenvalue weighted by Crippen LogP contribution is 2.09. The van der Waals surface area contributed by atoms with E-state index >= 15 is 0 Å². The molecule has 11 heavy (non-hydrogen) atoms. The van der Waals surface area contributed by atoms with E-state index in [0.29, 0.717) is 0 Å². The Morgan fingerprint density at radius 2 is 2.00 bits per heavy atom. The molecular weight excluding hydrogens is 136 g/mol. The molecule has 0 aromatic rings. The monoisotopic (exact) mass is 154 g/mol. The minimum atomic E-state index is 0.166. The van der Waals surface area contributed by atoms with Crippen molar-refractivity contribution in [3.8, 4) is 0 Å². The van der Waals surface area contributed by atoms with E-state index in [-0.39, 0.29) is 6.61 Å². The molecule has 0 saturated carbocycles. The highest BCUT2D eigenvalue weighted by atomic mass is 16.2. The van der Waals surface area contributed by atoms with Gasteiger partial charge in [0.2, 0.25) is 0 Å². The second kappa shape index (κ2) is 6.17. The smallest absolute Gasteiger partial charge is 0.0614 e. The van der Waals surface area contributed by atoms with E-state index in [1.54, 1.807) is 0 Å². The molecule has 0 amide bonds. The summed E-state index contributed by atoms with van der Waals surface area (Å²) in [6, 6.07) is 0. The number of allylic oxidation sites excluding steroid dienone is 2. The summed E-state index contributed by atoms with van der Waals surface area (Å²) in [5.74, 6) is 0. The van der Waals surface area contributed by atoms with Crippen molar-refractivity contribution in [1.82, 2.24) is 0 Å². The van der Waals surface area contributed by atoms with Gasteiger partial charge in [0, 0.05) is 0 Å². The van der Waals surface area contributed by atoms with E-state index in [9.17, 15) is 0 Å². The summed E-state index contributed by atoms with van der Waals surface area (Å²) in [5, 5.41) is 8.55. The van der Waals surface area contributed by atoms with Gasteiger partial charge in [0.15, 0.2) is 0 Å². The molecule has 0 bridgehead atoms. The van der Waals surface area contributed by atoms with Gasteiger partial charge < -0.3 is 5.11 Å². The Labute approximate surface area is 69.4 Å². The van der Waals surface area contributed by atoms with Crippen LogP contribution in [-0.2, 0) is 0 Å². The Morgan fingerprint density at radius 3 is 2.45 bits per heavy atom. The fourth-order valence-corrected chi connectivity index (χ4v) is 0.927. The lowest BCUT2D eigenvalue weighted by molar-refractivity contribution is 0.341. The molecule has 0 heterocycles. The number of aliphatic hydroxyl groups excluding tert-OH is 1. The van der Waals surface area contributed by atoms with Crippen LogP contribution in [-0.4, -0.2) is 11.7 Å². The molecule has 0 rings (SSSR count). The van der Waals surface area contributed by atoms with Crippen LogP contribution in [0.5, 0.6) is 0 Å². The Balaban J connectivity index is 3.38. The Hall–Kier alpha value is -0.560. The first-order valence-electron chi connectivity index (χ1n) is 4.07. The minimum Gasteiger partial charge on any atom is -0.392 e. The van der Waals surface area contributed by atoms with E-state index in [1.807, 2.05) is 13.0 Å². The lowest BCUT2D eigenvalue weighted by Gasteiger charge is -2.00. The molecule has 0 saturated heterocycles. The van der Waals surface area contributed by atoms with Gasteiger partial charge in [0.25, 0.3) is 0 Å². The number of hydrogen-bond acceptors (Lipinski definition) is 1. The second-order valence-corrected chi connectivity index (χ2v) is 3.04. The molecule has 0 spiro atoms. The van der Waals surface area contributed by atoms with E-state index in [1.165, 1.54) is 11.1 Å². The van der Waals surface area contributed by atoms with Crippen LogP contribution >= 0.6 is 0 Å². The average molecular weight is 154 g/mol. The van der Waals surface area contributed by atoms with Crippen LogP contribution in [0.1, 0.15) is 33.1 Å². The Bertz CT molecular complexity index is 145. The molecule has 0 aromatic carbocycles. The van der Waals surface area contributed by atoms with Crippen molar-refractivity contribution in [3.05, 3.63) is 23.8 Å². The molecule has 64 valence electrons. The summed E-state index contributed by atoms with van der Waals surface area (Å²) in [4.78, 5) is 0. The van der Waals surface area contributed by atoms with Crippen molar-refractivity contribution in [2.24, 2.45) is 0 Å². The van der Waals surface area contributed by atoms with Gasteiger partial charge in [-0.05, 0) is 33.1 Å². The van der Waals surface area contributed by atoms with Crippen molar-refractivity contribution in [2.45, 2.75) is 33.1 Å². The van der Waals surface area contributed by atoms with Crippen LogP contribution in [0.2, 0.25) is 0 Å². The highest BCUT2D eigenvalue weighted by Gasteiger charge is 1.90. The molecule has 0 aliphatic carbocycles. The average Bonchev–Trinajstić information content (AvgIpc) is 1.87. The predicted molar refractivity (Wildman–Crippen MR) is 49.5 cm³/mol. The summed E-state index contributed by atoms with van der Waals surface area (Å²) in [6.45, 7) is 8.09. The molecule has 1 nitrogen and oxygen atoms in total. The van der Waals surface area contributed by atoms with Gasteiger partial charge in [-0.15, -0.1) is 6.58 Å². The summed E-state index contributed by atoms with van der Waals surface area (Å²) in [6.07, 6.45) is 5.18. The van der Waals surface area contributed by atoms with E-state index in [2.05, 4.69) is 13.5 Å². The molecule has 1 N–H and O–H groups in total. The largest absolute Gasteiger partial charge is 0.392 e. The molecule has 0 atom stereocenters. The molecule has 0 radical (unpaired) electrons. The van der Waals surface area contributed by atoms with Gasteiger partial charge in [-0.2, -0.15) is 0 Å². The van der Waals surface area contributed by atoms with Crippen LogP contribution in [0.4, 0.5) is 0 Å². The maximum absolute atomic E-state index is 8.55. The third-order valence-corrected chi connectivity index (χ3v) is 1.61. The summed E-state index contributed by atoms with van der Waals surface area (Å²) in [5.41, 5.74) is 2.51. The third-order valence-electron chi connectivity index (χ3n) is 1.61. The van der Waals surface area contributed by atoms with Crippen molar-refractivity contribution in [2.75, 3.05) is 6.61 Å². The maximum atomic E-state index is 8.55. The molecule has 0 aliphatic heterocycles.